The molecule has 2 aliphatic rings. The van der Waals surface area contributed by atoms with Crippen LogP contribution in [0.4, 0.5) is 0 Å². The summed E-state index contributed by atoms with van der Waals surface area (Å²) in [6, 6.07) is 26.2. The van der Waals surface area contributed by atoms with Crippen molar-refractivity contribution in [2.24, 2.45) is 4.99 Å². The second kappa shape index (κ2) is 23.9. The van der Waals surface area contributed by atoms with E-state index >= 15 is 0 Å². The van der Waals surface area contributed by atoms with Gasteiger partial charge in [0.1, 0.15) is 24.1 Å². The van der Waals surface area contributed by atoms with Gasteiger partial charge in [0.05, 0.1) is 7.11 Å². The van der Waals surface area contributed by atoms with E-state index < -0.39 is 0 Å². The van der Waals surface area contributed by atoms with Gasteiger partial charge in [-0.25, -0.2) is 4.79 Å². The van der Waals surface area contributed by atoms with E-state index in [-0.39, 0.29) is 16.9 Å². The zero-order valence-electron chi connectivity index (χ0n) is 24.2. The molecule has 0 spiro atoms. The summed E-state index contributed by atoms with van der Waals surface area (Å²) >= 11 is 12.1. The Morgan fingerprint density at radius 3 is 2.11 bits per heavy atom. The maximum atomic E-state index is 11.5. The molecule has 0 radical (unpaired) electrons. The molecule has 0 saturated carbocycles. The molecule has 2 heterocycles. The number of methoxy groups -OCH3 is 1. The number of carbonyl (C=O) groups is 1. The van der Waals surface area contributed by atoms with Gasteiger partial charge in [0.15, 0.2) is 0 Å². The molecule has 0 aromatic heterocycles. The Bertz CT molecular complexity index is 1280. The van der Waals surface area contributed by atoms with Gasteiger partial charge in [0.25, 0.3) is 0 Å². The average molecular weight is 1260 g/mol. The number of hydrogen-bond acceptors (Lipinski definition) is 6. The van der Waals surface area contributed by atoms with E-state index in [0.717, 1.165) is 29.0 Å². The molecule has 239 valence electrons. The molecule has 1 saturated heterocycles. The molecule has 0 bridgehead atoms. The van der Waals surface area contributed by atoms with Crippen LogP contribution in [0.5, 0.6) is 11.5 Å². The number of nitrogens with zero attached hydrogens (tertiary/aromatic N) is 2. The molecule has 0 aliphatic carbocycles. The van der Waals surface area contributed by atoms with Crippen molar-refractivity contribution in [2.75, 3.05) is 7.11 Å². The summed E-state index contributed by atoms with van der Waals surface area (Å²) in [6.07, 6.45) is 3.96. The van der Waals surface area contributed by atoms with E-state index in [0.29, 0.717) is 40.3 Å². The average Bonchev–Trinajstić information content (AvgIpc) is 3.64. The van der Waals surface area contributed by atoms with Crippen molar-refractivity contribution in [1.82, 2.24) is 4.67 Å². The zero-order chi connectivity index (χ0) is 32.5. The van der Waals surface area contributed by atoms with E-state index in [1.807, 2.05) is 66.7 Å². The van der Waals surface area contributed by atoms with Gasteiger partial charge in [-0.1, -0.05) is 51.9 Å². The van der Waals surface area contributed by atoms with Crippen LogP contribution in [0.25, 0.3) is 0 Å². The quantitative estimate of drug-likeness (QED) is 0.151. The van der Waals surface area contributed by atoms with Crippen LogP contribution < -0.4 is 4.74 Å². The fourth-order valence-electron chi connectivity index (χ4n) is 4.64. The second-order valence-electron chi connectivity index (χ2n) is 9.69. The number of benzene rings is 3. The second-order valence-corrected chi connectivity index (χ2v) is 57.4. The molecule has 4 atom stereocenters. The van der Waals surface area contributed by atoms with Crippen molar-refractivity contribution in [1.29, 1.82) is 0 Å². The fraction of sp³-hybridized carbons (Fsp3) is 0.333. The van der Waals surface area contributed by atoms with Crippen molar-refractivity contribution in [2.45, 2.75) is 57.3 Å². The van der Waals surface area contributed by atoms with Crippen LogP contribution in [-0.4, -0.2) is 40.7 Å². The Hall–Kier alpha value is 1.61. The van der Waals surface area contributed by atoms with Crippen LogP contribution in [0.2, 0.25) is 0 Å². The van der Waals surface area contributed by atoms with E-state index in [2.05, 4.69) is 126 Å². The summed E-state index contributed by atoms with van der Waals surface area (Å²) in [5.74, 6) is 0.902. The number of ether oxygens (including phenoxy) is 2. The number of hydrogen-bond donors (Lipinski definition) is 1. The van der Waals surface area contributed by atoms with Gasteiger partial charge < -0.3 is 14.6 Å². The minimum atomic E-state index is -0.357. The monoisotopic (exact) mass is 1250 g/mol. The summed E-state index contributed by atoms with van der Waals surface area (Å²) < 4.78 is 12.8. The molecule has 1 N–H and O–H groups in total. The van der Waals surface area contributed by atoms with Gasteiger partial charge in [-0.15, -0.1) is 0 Å². The predicted molar refractivity (Wildman–Crippen MR) is 220 cm³/mol. The molecular formula is C30H35I5N2O4PV2. The number of esters is 1. The standard InChI is InChI=1S/C19H19NO3.C11H16NOP.5HI.2V/c1-22-19(21)18-12-11-17(20-18)15-7-9-16(10-8-15)23-13-14-5-3-2-4-6-14;1-8-2-7-11(12(8)14)9-3-5-10(13)6-4-9;;;;;;;/h2-10,18H,11-13H2,1H3;3-6,8,11,13H,2,7,14H2,1H3;5*1H;;/q;;;;;;;+2;+3/p-5/t18-;8-,11-;;;;;;;/m01......./s1. The van der Waals surface area contributed by atoms with E-state index in [1.165, 1.54) is 25.5 Å². The molecule has 1 fully saturated rings. The number of rotatable bonds is 6. The van der Waals surface area contributed by atoms with E-state index in [9.17, 15) is 9.90 Å². The number of aromatic hydroxyl groups is 1. The van der Waals surface area contributed by atoms with Gasteiger partial charge in [0, 0.05) is 17.8 Å². The first kappa shape index (κ1) is 41.8. The van der Waals surface area contributed by atoms with Gasteiger partial charge in [0.2, 0.25) is 0 Å². The first-order valence-corrected chi connectivity index (χ1v) is 36.6. The van der Waals surface area contributed by atoms with Crippen LogP contribution in [0.1, 0.15) is 55.3 Å². The Morgan fingerprint density at radius 2 is 1.59 bits per heavy atom. The first-order chi connectivity index (χ1) is 21.1. The van der Waals surface area contributed by atoms with Crippen LogP contribution in [0, 0.1) is 0 Å². The molecule has 6 nitrogen and oxygen atoms in total. The SMILES string of the molecule is COC(=O)[C@@H]1CCC(c2ccc(OCc3ccccc3)cc2)=N1.C[C@@H]1CC[C@H](c2ccc(O)cc2)N1P.[I][V]([I])[I].[I][V][I]. The number of halogens is 5. The Kier molecular flexibility index (Phi) is 22.7. The number of phenols is 1. The van der Waals surface area contributed by atoms with Crippen LogP contribution in [0.15, 0.2) is 83.9 Å². The van der Waals surface area contributed by atoms with Crippen molar-refractivity contribution in [3.8, 4) is 11.5 Å². The molecule has 2 aliphatic heterocycles. The molecule has 3 aromatic carbocycles. The fourth-order valence-corrected chi connectivity index (χ4v) is 5.11. The van der Waals surface area contributed by atoms with Crippen LogP contribution >= 0.6 is 109 Å². The van der Waals surface area contributed by atoms with Gasteiger partial charge in [-0.05, 0) is 85.7 Å². The maximum absolute atomic E-state index is 11.5. The van der Waals surface area contributed by atoms with Crippen molar-refractivity contribution < 1.29 is 33.8 Å². The third-order valence-corrected chi connectivity index (χ3v) is 7.75. The van der Waals surface area contributed by atoms with Crippen molar-refractivity contribution in [3.63, 3.8) is 0 Å². The third kappa shape index (κ3) is 15.9. The molecule has 3 aromatic rings. The molecule has 14 heteroatoms. The minimum absolute atomic E-state index is 0.261. The number of carbonyl (C=O) groups excluding carboxylic acids is 1. The molecular weight excluding hydrogens is 1220 g/mol. The zero-order valence-corrected chi connectivity index (χ0v) is 38.9. The van der Waals surface area contributed by atoms with E-state index in [1.54, 1.807) is 12.1 Å². The van der Waals surface area contributed by atoms with Crippen molar-refractivity contribution >= 4 is 121 Å². The number of aliphatic imine (C=N–C) groups is 1. The Morgan fingerprint density at radius 1 is 1.00 bits per heavy atom. The van der Waals surface area contributed by atoms with Crippen LogP contribution in [-0.2, 0) is 30.5 Å². The molecule has 0 amide bonds. The Labute approximate surface area is 330 Å². The summed E-state index contributed by atoms with van der Waals surface area (Å²) in [6.45, 7) is 2.79. The van der Waals surface area contributed by atoms with Crippen molar-refractivity contribution in [3.05, 3.63) is 95.6 Å². The summed E-state index contributed by atoms with van der Waals surface area (Å²) in [4.78, 5) is 15.7. The van der Waals surface area contributed by atoms with E-state index in [4.69, 9.17) is 9.47 Å². The third-order valence-electron chi connectivity index (χ3n) is 6.88. The van der Waals surface area contributed by atoms with Gasteiger partial charge >= 0.3 is 120 Å². The molecule has 1 unspecified atom stereocenters. The molecule has 44 heavy (non-hydrogen) atoms. The summed E-state index contributed by atoms with van der Waals surface area (Å²) in [5, 5.41) is 9.20. The van der Waals surface area contributed by atoms with Gasteiger partial charge in [-0.2, -0.15) is 0 Å². The number of phenolic OH excluding ortho intramolecular Hbond substituents is 1. The summed E-state index contributed by atoms with van der Waals surface area (Å²) in [5.41, 5.74) is 4.42. The van der Waals surface area contributed by atoms with Crippen LogP contribution in [0.3, 0.4) is 0 Å². The topological polar surface area (TPSA) is 71.4 Å². The Balaban J connectivity index is 0.000000272. The first-order valence-electron chi connectivity index (χ1n) is 13.5. The summed E-state index contributed by atoms with van der Waals surface area (Å²) in [7, 11) is 4.83. The van der Waals surface area contributed by atoms with Gasteiger partial charge in [-0.3, -0.25) is 9.66 Å². The molecule has 5 rings (SSSR count). The predicted octanol–water partition coefficient (Wildman–Crippen LogP) is 10.5. The normalized spacial score (nSPS) is 18.8.